The van der Waals surface area contributed by atoms with Gasteiger partial charge in [0.15, 0.2) is 0 Å². The van der Waals surface area contributed by atoms with Crippen molar-refractivity contribution in [2.45, 2.75) is 25.3 Å². The molecule has 1 aromatic carbocycles. The molecule has 1 aliphatic carbocycles. The van der Waals surface area contributed by atoms with E-state index in [4.69, 9.17) is 4.74 Å². The summed E-state index contributed by atoms with van der Waals surface area (Å²) in [5.41, 5.74) is 0.537. The first-order chi connectivity index (χ1) is 9.09. The summed E-state index contributed by atoms with van der Waals surface area (Å²) in [6.45, 7) is 0.754. The van der Waals surface area contributed by atoms with Crippen molar-refractivity contribution in [2.24, 2.45) is 0 Å². The Kier molecular flexibility index (Phi) is 4.66. The van der Waals surface area contributed by atoms with E-state index in [1.165, 1.54) is 12.8 Å². The zero-order valence-corrected chi connectivity index (χ0v) is 11.9. The van der Waals surface area contributed by atoms with Gasteiger partial charge in [-0.15, -0.1) is 0 Å². The van der Waals surface area contributed by atoms with Crippen molar-refractivity contribution in [3.63, 3.8) is 0 Å². The molecule has 1 aromatic rings. The average Bonchev–Trinajstić information content (AvgIpc) is 3.18. The molecular weight excluding hydrogens is 264 g/mol. The Balaban J connectivity index is 1.81. The Morgan fingerprint density at radius 1 is 1.37 bits per heavy atom. The van der Waals surface area contributed by atoms with Crippen LogP contribution in [0.2, 0.25) is 0 Å². The largest absolute Gasteiger partial charge is 0.497 e. The monoisotopic (exact) mass is 284 g/mol. The minimum Gasteiger partial charge on any atom is -0.497 e. The first-order valence-electron chi connectivity index (χ1n) is 6.47. The molecular formula is C13H20N2O3S. The fraction of sp³-hybridized carbons (Fsp3) is 0.538. The molecule has 0 saturated heterocycles. The van der Waals surface area contributed by atoms with Gasteiger partial charge in [0.2, 0.25) is 10.0 Å². The lowest BCUT2D eigenvalue weighted by atomic mass is 10.3. The normalized spacial score (nSPS) is 15.2. The maximum atomic E-state index is 11.9. The smallest absolute Gasteiger partial charge is 0.232 e. The number of hydrogen-bond acceptors (Lipinski definition) is 4. The fourth-order valence-corrected chi connectivity index (χ4v) is 2.89. The van der Waals surface area contributed by atoms with E-state index in [0.29, 0.717) is 23.9 Å². The molecule has 0 radical (unpaired) electrons. The summed E-state index contributed by atoms with van der Waals surface area (Å²) < 4.78 is 31.4. The lowest BCUT2D eigenvalue weighted by Gasteiger charge is -2.09. The second-order valence-corrected chi connectivity index (χ2v) is 6.58. The molecule has 0 spiro atoms. The maximum Gasteiger partial charge on any atom is 0.232 e. The molecule has 0 unspecified atom stereocenters. The van der Waals surface area contributed by atoms with Gasteiger partial charge in [0.25, 0.3) is 0 Å². The average molecular weight is 284 g/mol. The predicted octanol–water partition coefficient (Wildman–Crippen LogP) is 1.58. The van der Waals surface area contributed by atoms with Crippen molar-refractivity contribution in [2.75, 3.05) is 24.1 Å². The van der Waals surface area contributed by atoms with Crippen molar-refractivity contribution in [1.29, 1.82) is 0 Å². The Bertz CT molecular complexity index is 512. The van der Waals surface area contributed by atoms with Crippen molar-refractivity contribution in [3.8, 4) is 5.75 Å². The van der Waals surface area contributed by atoms with E-state index in [1.54, 1.807) is 31.4 Å². The third-order valence-electron chi connectivity index (χ3n) is 2.94. The van der Waals surface area contributed by atoms with Gasteiger partial charge in [-0.2, -0.15) is 0 Å². The molecule has 0 heterocycles. The fourth-order valence-electron chi connectivity index (χ4n) is 1.77. The molecule has 1 saturated carbocycles. The Hall–Kier alpha value is -1.27. The first-order valence-corrected chi connectivity index (χ1v) is 8.12. The van der Waals surface area contributed by atoms with Gasteiger partial charge in [-0.1, -0.05) is 6.07 Å². The maximum absolute atomic E-state index is 11.9. The highest BCUT2D eigenvalue weighted by atomic mass is 32.2. The second kappa shape index (κ2) is 6.25. The van der Waals surface area contributed by atoms with Crippen LogP contribution in [0.1, 0.15) is 19.3 Å². The number of hydrogen-bond donors (Lipinski definition) is 2. The third-order valence-corrected chi connectivity index (χ3v) is 4.32. The van der Waals surface area contributed by atoms with E-state index in [1.807, 2.05) is 0 Å². The van der Waals surface area contributed by atoms with Gasteiger partial charge in [-0.05, 0) is 37.9 Å². The Morgan fingerprint density at radius 3 is 2.84 bits per heavy atom. The van der Waals surface area contributed by atoms with Crippen LogP contribution in [0.4, 0.5) is 5.69 Å². The highest BCUT2D eigenvalue weighted by Crippen LogP contribution is 2.19. The molecule has 0 aliphatic heterocycles. The molecule has 1 aliphatic rings. The van der Waals surface area contributed by atoms with Gasteiger partial charge in [-0.3, -0.25) is 4.72 Å². The predicted molar refractivity (Wildman–Crippen MR) is 76.0 cm³/mol. The molecule has 0 aromatic heterocycles. The Morgan fingerprint density at radius 2 is 2.16 bits per heavy atom. The molecule has 5 nitrogen and oxygen atoms in total. The van der Waals surface area contributed by atoms with Crippen molar-refractivity contribution in [3.05, 3.63) is 24.3 Å². The molecule has 19 heavy (non-hydrogen) atoms. The summed E-state index contributed by atoms with van der Waals surface area (Å²) in [5, 5.41) is 3.30. The molecule has 0 atom stereocenters. The molecule has 0 bridgehead atoms. The highest BCUT2D eigenvalue weighted by Gasteiger charge is 2.20. The quantitative estimate of drug-likeness (QED) is 0.711. The number of anilines is 1. The van der Waals surface area contributed by atoms with Crippen molar-refractivity contribution >= 4 is 15.7 Å². The van der Waals surface area contributed by atoms with Gasteiger partial charge >= 0.3 is 0 Å². The number of benzene rings is 1. The van der Waals surface area contributed by atoms with Crippen LogP contribution in [0, 0.1) is 0 Å². The van der Waals surface area contributed by atoms with Crippen LogP contribution in [-0.2, 0) is 10.0 Å². The van der Waals surface area contributed by atoms with E-state index in [9.17, 15) is 8.42 Å². The lowest BCUT2D eigenvalue weighted by Crippen LogP contribution is -2.23. The summed E-state index contributed by atoms with van der Waals surface area (Å²) in [5.74, 6) is 0.764. The number of sulfonamides is 1. The first kappa shape index (κ1) is 14.1. The van der Waals surface area contributed by atoms with Crippen LogP contribution in [0.15, 0.2) is 24.3 Å². The van der Waals surface area contributed by atoms with Gasteiger partial charge in [0.05, 0.1) is 18.6 Å². The molecule has 2 N–H and O–H groups in total. The zero-order valence-electron chi connectivity index (χ0n) is 11.1. The van der Waals surface area contributed by atoms with Crippen molar-refractivity contribution < 1.29 is 13.2 Å². The van der Waals surface area contributed by atoms with Crippen LogP contribution >= 0.6 is 0 Å². The minimum atomic E-state index is -3.28. The van der Waals surface area contributed by atoms with Crippen LogP contribution in [0.3, 0.4) is 0 Å². The summed E-state index contributed by atoms with van der Waals surface area (Å²) in [6, 6.07) is 7.53. The molecule has 6 heteroatoms. The Labute approximate surface area is 114 Å². The van der Waals surface area contributed by atoms with Gasteiger partial charge in [0, 0.05) is 12.1 Å². The van der Waals surface area contributed by atoms with Crippen LogP contribution in [0.5, 0.6) is 5.75 Å². The second-order valence-electron chi connectivity index (χ2n) is 4.73. The standard InChI is InChI=1S/C13H20N2O3S/c1-18-13-5-2-4-12(10-13)15-19(16,17)9-3-8-14-11-6-7-11/h2,4-5,10-11,14-15H,3,6-9H2,1H3. The molecule has 0 amide bonds. The minimum absolute atomic E-state index is 0.129. The summed E-state index contributed by atoms with van der Waals surface area (Å²) in [7, 11) is -1.73. The third kappa shape index (κ3) is 5.08. The van der Waals surface area contributed by atoms with Gasteiger partial charge in [0.1, 0.15) is 5.75 Å². The van der Waals surface area contributed by atoms with Crippen LogP contribution in [-0.4, -0.2) is 33.9 Å². The van der Waals surface area contributed by atoms with E-state index in [0.717, 1.165) is 6.54 Å². The molecule has 2 rings (SSSR count). The number of nitrogens with one attached hydrogen (secondary N) is 2. The highest BCUT2D eigenvalue weighted by molar-refractivity contribution is 7.92. The number of rotatable bonds is 8. The van der Waals surface area contributed by atoms with E-state index in [2.05, 4.69) is 10.0 Å². The summed E-state index contributed by atoms with van der Waals surface area (Å²) in [6.07, 6.45) is 3.05. The van der Waals surface area contributed by atoms with E-state index in [-0.39, 0.29) is 5.75 Å². The zero-order chi connectivity index (χ0) is 13.7. The lowest BCUT2D eigenvalue weighted by molar-refractivity contribution is 0.415. The number of methoxy groups -OCH3 is 1. The van der Waals surface area contributed by atoms with E-state index < -0.39 is 10.0 Å². The van der Waals surface area contributed by atoms with Gasteiger partial charge in [-0.25, -0.2) is 8.42 Å². The van der Waals surface area contributed by atoms with Crippen LogP contribution < -0.4 is 14.8 Å². The SMILES string of the molecule is COc1cccc(NS(=O)(=O)CCCNC2CC2)c1. The summed E-state index contributed by atoms with van der Waals surface area (Å²) >= 11 is 0. The topological polar surface area (TPSA) is 67.4 Å². The van der Waals surface area contributed by atoms with E-state index >= 15 is 0 Å². The van der Waals surface area contributed by atoms with Crippen molar-refractivity contribution in [1.82, 2.24) is 5.32 Å². The molecule has 106 valence electrons. The summed E-state index contributed by atoms with van der Waals surface area (Å²) in [4.78, 5) is 0. The van der Waals surface area contributed by atoms with Gasteiger partial charge < -0.3 is 10.1 Å². The van der Waals surface area contributed by atoms with Crippen LogP contribution in [0.25, 0.3) is 0 Å². The number of ether oxygens (including phenoxy) is 1. The molecule has 1 fully saturated rings.